The second-order valence-corrected chi connectivity index (χ2v) is 2.90. The molecule has 0 amide bonds. The highest BCUT2D eigenvalue weighted by Crippen LogP contribution is 2.53. The van der Waals surface area contributed by atoms with Crippen LogP contribution in [-0.4, -0.2) is 12.4 Å². The molecule has 1 aliphatic carbocycles. The lowest BCUT2D eigenvalue weighted by Gasteiger charge is -2.33. The third-order valence-corrected chi connectivity index (χ3v) is 1.97. The molecule has 0 heterocycles. The van der Waals surface area contributed by atoms with Crippen LogP contribution in [0.15, 0.2) is 24.3 Å². The minimum absolute atomic E-state index is 0.0912. The monoisotopic (exact) mass is 216 g/mol. The van der Waals surface area contributed by atoms with Gasteiger partial charge < -0.3 is 0 Å². The maximum Gasteiger partial charge on any atom is 0.410 e. The van der Waals surface area contributed by atoms with E-state index in [2.05, 4.69) is 0 Å². The summed E-state index contributed by atoms with van der Waals surface area (Å²) in [7, 11) is 0. The molecule has 0 fully saturated rings. The first-order valence-corrected chi connectivity index (χ1v) is 3.69. The van der Waals surface area contributed by atoms with Crippen molar-refractivity contribution in [2.24, 2.45) is 5.41 Å². The zero-order valence-corrected chi connectivity index (χ0v) is 6.78. The summed E-state index contributed by atoms with van der Waals surface area (Å²) in [6.45, 7) is 0. The Balaban J connectivity index is 3.23. The number of alkyl halides is 6. The quantitative estimate of drug-likeness (QED) is 0.428. The predicted octanol–water partition coefficient (Wildman–Crippen LogP) is 3.61. The molecule has 0 bridgehead atoms. The number of allylic oxidation sites excluding steroid dienone is 4. The second-order valence-electron chi connectivity index (χ2n) is 2.90. The average molecular weight is 216 g/mol. The molecule has 0 saturated carbocycles. The van der Waals surface area contributed by atoms with E-state index in [1.54, 1.807) is 0 Å². The van der Waals surface area contributed by atoms with E-state index in [1.165, 1.54) is 0 Å². The molecule has 0 aromatic rings. The van der Waals surface area contributed by atoms with Crippen molar-refractivity contribution in [1.29, 1.82) is 0 Å². The Labute approximate surface area is 75.9 Å². The summed E-state index contributed by atoms with van der Waals surface area (Å²) in [5.74, 6) is 0. The second kappa shape index (κ2) is 3.03. The first kappa shape index (κ1) is 11.1. The van der Waals surface area contributed by atoms with E-state index >= 15 is 0 Å². The summed E-state index contributed by atoms with van der Waals surface area (Å²) in [4.78, 5) is 0. The third-order valence-electron chi connectivity index (χ3n) is 1.97. The fourth-order valence-corrected chi connectivity index (χ4v) is 1.18. The molecule has 1 rings (SSSR count). The smallest absolute Gasteiger partial charge is 0.169 e. The molecule has 0 spiro atoms. The van der Waals surface area contributed by atoms with Gasteiger partial charge in [-0.1, -0.05) is 24.3 Å². The van der Waals surface area contributed by atoms with Crippen molar-refractivity contribution < 1.29 is 26.3 Å². The van der Waals surface area contributed by atoms with Crippen molar-refractivity contribution in [3.63, 3.8) is 0 Å². The molecule has 0 N–H and O–H groups in total. The van der Waals surface area contributed by atoms with Gasteiger partial charge in [0.2, 0.25) is 0 Å². The van der Waals surface area contributed by atoms with Gasteiger partial charge in [0.25, 0.3) is 0 Å². The third kappa shape index (κ3) is 1.53. The summed E-state index contributed by atoms with van der Waals surface area (Å²) in [6, 6.07) is 0. The lowest BCUT2D eigenvalue weighted by molar-refractivity contribution is -0.303. The molecule has 0 unspecified atom stereocenters. The van der Waals surface area contributed by atoms with Crippen molar-refractivity contribution in [2.45, 2.75) is 18.8 Å². The van der Waals surface area contributed by atoms with Gasteiger partial charge in [-0.25, -0.2) is 0 Å². The van der Waals surface area contributed by atoms with E-state index in [-0.39, 0.29) is 18.6 Å². The molecule has 1 aliphatic rings. The van der Waals surface area contributed by atoms with Crippen molar-refractivity contribution in [3.05, 3.63) is 24.3 Å². The SMILES string of the molecule is FC(F)(F)C1(C(F)(F)F)C=CCC=C1. The van der Waals surface area contributed by atoms with Gasteiger partial charge >= 0.3 is 12.4 Å². The van der Waals surface area contributed by atoms with Crippen LogP contribution in [0.5, 0.6) is 0 Å². The van der Waals surface area contributed by atoms with Gasteiger partial charge in [0, 0.05) is 0 Å². The lowest BCUT2D eigenvalue weighted by atomic mass is 9.82. The van der Waals surface area contributed by atoms with E-state index in [9.17, 15) is 26.3 Å². The molecule has 0 aromatic carbocycles. The van der Waals surface area contributed by atoms with Crippen molar-refractivity contribution >= 4 is 0 Å². The molecule has 0 radical (unpaired) electrons. The Morgan fingerprint density at radius 2 is 1.14 bits per heavy atom. The Bertz CT molecular complexity index is 239. The Kier molecular flexibility index (Phi) is 2.41. The van der Waals surface area contributed by atoms with Gasteiger partial charge in [-0.2, -0.15) is 26.3 Å². The molecule has 0 atom stereocenters. The number of hydrogen-bond acceptors (Lipinski definition) is 0. The van der Waals surface area contributed by atoms with Crippen molar-refractivity contribution in [1.82, 2.24) is 0 Å². The van der Waals surface area contributed by atoms with E-state index in [0.29, 0.717) is 0 Å². The Hall–Kier alpha value is -0.940. The zero-order valence-electron chi connectivity index (χ0n) is 6.78. The summed E-state index contributed by atoms with van der Waals surface area (Å²) in [5, 5.41) is 0. The normalized spacial score (nSPS) is 21.3. The van der Waals surface area contributed by atoms with Crippen LogP contribution in [0, 0.1) is 5.41 Å². The van der Waals surface area contributed by atoms with E-state index in [4.69, 9.17) is 0 Å². The summed E-state index contributed by atoms with van der Waals surface area (Å²) in [5.41, 5.74) is -3.81. The minimum Gasteiger partial charge on any atom is -0.169 e. The molecule has 0 saturated heterocycles. The average Bonchev–Trinajstić information content (AvgIpc) is 2.02. The molecule has 0 aliphatic heterocycles. The van der Waals surface area contributed by atoms with Gasteiger partial charge in [-0.15, -0.1) is 0 Å². The Morgan fingerprint density at radius 3 is 1.36 bits per heavy atom. The maximum absolute atomic E-state index is 12.3. The predicted molar refractivity (Wildman–Crippen MR) is 37.4 cm³/mol. The van der Waals surface area contributed by atoms with Crippen LogP contribution in [-0.2, 0) is 0 Å². The topological polar surface area (TPSA) is 0 Å². The van der Waals surface area contributed by atoms with Gasteiger partial charge in [0.15, 0.2) is 5.41 Å². The van der Waals surface area contributed by atoms with Gasteiger partial charge in [-0.3, -0.25) is 0 Å². The Morgan fingerprint density at radius 1 is 0.786 bits per heavy atom. The van der Waals surface area contributed by atoms with Crippen LogP contribution in [0.25, 0.3) is 0 Å². The number of halogens is 6. The zero-order chi connectivity index (χ0) is 11.0. The van der Waals surface area contributed by atoms with E-state index in [0.717, 1.165) is 12.2 Å². The summed E-state index contributed by atoms with van der Waals surface area (Å²) < 4.78 is 73.6. The van der Waals surface area contributed by atoms with Crippen LogP contribution in [0.2, 0.25) is 0 Å². The largest absolute Gasteiger partial charge is 0.410 e. The summed E-state index contributed by atoms with van der Waals surface area (Å²) >= 11 is 0. The first-order valence-electron chi connectivity index (χ1n) is 3.69. The highest BCUT2D eigenvalue weighted by atomic mass is 19.4. The maximum atomic E-state index is 12.3. The van der Waals surface area contributed by atoms with E-state index < -0.39 is 17.8 Å². The fraction of sp³-hybridized carbons (Fsp3) is 0.500. The van der Waals surface area contributed by atoms with Crippen LogP contribution in [0.1, 0.15) is 6.42 Å². The lowest BCUT2D eigenvalue weighted by Crippen LogP contribution is -2.47. The van der Waals surface area contributed by atoms with Gasteiger partial charge in [0.1, 0.15) is 0 Å². The number of hydrogen-bond donors (Lipinski definition) is 0. The highest BCUT2D eigenvalue weighted by Gasteiger charge is 2.67. The first-order chi connectivity index (χ1) is 6.21. The molecule has 6 heteroatoms. The van der Waals surface area contributed by atoms with Crippen LogP contribution in [0.3, 0.4) is 0 Å². The molecule has 14 heavy (non-hydrogen) atoms. The minimum atomic E-state index is -5.35. The molecular weight excluding hydrogens is 210 g/mol. The standard InChI is InChI=1S/C8H6F6/c9-7(10,11)6(8(12,13)14)4-2-1-3-5-6/h2-5H,1H2. The van der Waals surface area contributed by atoms with Crippen LogP contribution < -0.4 is 0 Å². The number of rotatable bonds is 0. The summed E-state index contributed by atoms with van der Waals surface area (Å²) in [6.07, 6.45) is -8.56. The van der Waals surface area contributed by atoms with Gasteiger partial charge in [0.05, 0.1) is 0 Å². The van der Waals surface area contributed by atoms with Crippen molar-refractivity contribution in [2.75, 3.05) is 0 Å². The van der Waals surface area contributed by atoms with Crippen molar-refractivity contribution in [3.8, 4) is 0 Å². The highest BCUT2D eigenvalue weighted by molar-refractivity contribution is 5.23. The van der Waals surface area contributed by atoms with Crippen LogP contribution >= 0.6 is 0 Å². The van der Waals surface area contributed by atoms with Crippen LogP contribution in [0.4, 0.5) is 26.3 Å². The van der Waals surface area contributed by atoms with Gasteiger partial charge in [-0.05, 0) is 6.42 Å². The molecule has 0 aromatic heterocycles. The fourth-order valence-electron chi connectivity index (χ4n) is 1.18. The molecule has 80 valence electrons. The van der Waals surface area contributed by atoms with E-state index in [1.807, 2.05) is 0 Å². The molecule has 0 nitrogen and oxygen atoms in total. The molecular formula is C8H6F6.